The van der Waals surface area contributed by atoms with Crippen molar-refractivity contribution in [3.63, 3.8) is 0 Å². The number of carbonyl (C=O) groups is 1. The summed E-state index contributed by atoms with van der Waals surface area (Å²) < 4.78 is 12.2. The summed E-state index contributed by atoms with van der Waals surface area (Å²) in [5.74, 6) is 0.995. The molecule has 0 saturated carbocycles. The molecule has 0 radical (unpaired) electrons. The molecule has 3 heteroatoms. The number of ketones is 1. The number of hydrogen-bond donors (Lipinski definition) is 0. The highest BCUT2D eigenvalue weighted by Crippen LogP contribution is 2.15. The zero-order valence-electron chi connectivity index (χ0n) is 12.5. The van der Waals surface area contributed by atoms with Crippen LogP contribution >= 0.6 is 0 Å². The predicted octanol–water partition coefficient (Wildman–Crippen LogP) is 3.67. The Bertz CT molecular complexity index is 480. The van der Waals surface area contributed by atoms with Crippen LogP contribution in [0.25, 0.3) is 0 Å². The molecule has 0 aliphatic carbocycles. The van der Waals surface area contributed by atoms with Crippen molar-refractivity contribution in [1.29, 1.82) is 0 Å². The van der Waals surface area contributed by atoms with Gasteiger partial charge in [-0.15, -0.1) is 0 Å². The third-order valence-corrected chi connectivity index (χ3v) is 5.60. The molecule has 19 heavy (non-hydrogen) atoms. The van der Waals surface area contributed by atoms with Crippen molar-refractivity contribution in [2.45, 2.75) is 46.3 Å². The second-order valence-electron chi connectivity index (χ2n) is 5.37. The molecular formula is C16H24O2S. The van der Waals surface area contributed by atoms with Gasteiger partial charge in [0.1, 0.15) is 0 Å². The lowest BCUT2D eigenvalue weighted by Crippen LogP contribution is -2.26. The van der Waals surface area contributed by atoms with E-state index in [1.807, 2.05) is 32.0 Å². The van der Waals surface area contributed by atoms with E-state index < -0.39 is 16.0 Å². The first kappa shape index (κ1) is 16.1. The number of aryl methyl sites for hydroxylation is 2. The highest BCUT2D eigenvalue weighted by molar-refractivity contribution is 7.86. The summed E-state index contributed by atoms with van der Waals surface area (Å²) in [4.78, 5) is 12.3. The molecule has 3 atom stereocenters. The van der Waals surface area contributed by atoms with Crippen molar-refractivity contribution < 1.29 is 9.00 Å². The van der Waals surface area contributed by atoms with Crippen LogP contribution in [0.2, 0.25) is 0 Å². The van der Waals surface area contributed by atoms with Gasteiger partial charge in [-0.2, -0.15) is 0 Å². The van der Waals surface area contributed by atoms with Crippen LogP contribution in [0.1, 0.15) is 48.7 Å². The molecule has 0 aliphatic heterocycles. The van der Waals surface area contributed by atoms with Crippen molar-refractivity contribution in [3.8, 4) is 0 Å². The lowest BCUT2D eigenvalue weighted by molar-refractivity contribution is 0.0992. The van der Waals surface area contributed by atoms with Crippen LogP contribution in [0, 0.1) is 19.8 Å². The third kappa shape index (κ3) is 4.27. The minimum Gasteiger partial charge on any atom is -0.293 e. The molecule has 3 unspecified atom stereocenters. The molecule has 0 heterocycles. The smallest absolute Gasteiger partial charge is 0.178 e. The Morgan fingerprint density at radius 2 is 1.84 bits per heavy atom. The SMILES string of the molecule is CCC(C)CS(=O)C(C)C(=O)c1ccc(C)c(C)c1. The molecular weight excluding hydrogens is 256 g/mol. The second kappa shape index (κ2) is 6.99. The maximum Gasteiger partial charge on any atom is 0.178 e. The Morgan fingerprint density at radius 3 is 2.37 bits per heavy atom. The molecule has 0 spiro atoms. The Balaban J connectivity index is 2.81. The zero-order valence-corrected chi connectivity index (χ0v) is 13.3. The van der Waals surface area contributed by atoms with Crippen molar-refractivity contribution in [1.82, 2.24) is 0 Å². The Morgan fingerprint density at radius 1 is 1.21 bits per heavy atom. The topological polar surface area (TPSA) is 34.1 Å². The van der Waals surface area contributed by atoms with Gasteiger partial charge in [0.15, 0.2) is 5.78 Å². The fourth-order valence-corrected chi connectivity index (χ4v) is 3.25. The Labute approximate surface area is 119 Å². The Kier molecular flexibility index (Phi) is 5.92. The maximum atomic E-state index is 12.3. The molecule has 2 nitrogen and oxygen atoms in total. The van der Waals surface area contributed by atoms with E-state index in [2.05, 4.69) is 13.8 Å². The lowest BCUT2D eigenvalue weighted by atomic mass is 10.0. The van der Waals surface area contributed by atoms with Crippen molar-refractivity contribution >= 4 is 16.6 Å². The van der Waals surface area contributed by atoms with Crippen molar-refractivity contribution in [2.75, 3.05) is 5.75 Å². The molecule has 1 aromatic carbocycles. The first-order chi connectivity index (χ1) is 8.86. The van der Waals surface area contributed by atoms with E-state index in [0.29, 0.717) is 17.2 Å². The van der Waals surface area contributed by atoms with E-state index in [0.717, 1.165) is 12.0 Å². The first-order valence-electron chi connectivity index (χ1n) is 6.85. The summed E-state index contributed by atoms with van der Waals surface area (Å²) in [6.07, 6.45) is 0.996. The fraction of sp³-hybridized carbons (Fsp3) is 0.562. The average Bonchev–Trinajstić information content (AvgIpc) is 2.39. The van der Waals surface area contributed by atoms with Gasteiger partial charge in [-0.1, -0.05) is 32.4 Å². The molecule has 0 amide bonds. The highest BCUT2D eigenvalue weighted by Gasteiger charge is 2.22. The van der Waals surface area contributed by atoms with Gasteiger partial charge < -0.3 is 0 Å². The van der Waals surface area contributed by atoms with Crippen LogP contribution in [0.3, 0.4) is 0 Å². The van der Waals surface area contributed by atoms with Gasteiger partial charge in [-0.25, -0.2) is 0 Å². The molecule has 1 aromatic rings. The third-order valence-electron chi connectivity index (χ3n) is 3.70. The maximum absolute atomic E-state index is 12.3. The molecule has 0 fully saturated rings. The quantitative estimate of drug-likeness (QED) is 0.745. The van der Waals surface area contributed by atoms with Crippen LogP contribution in [-0.2, 0) is 10.8 Å². The first-order valence-corrected chi connectivity index (χ1v) is 8.23. The van der Waals surface area contributed by atoms with Gasteiger partial charge in [-0.05, 0) is 43.9 Å². The van der Waals surface area contributed by atoms with Gasteiger partial charge in [0.05, 0.1) is 5.25 Å². The molecule has 0 bridgehead atoms. The molecule has 0 N–H and O–H groups in total. The van der Waals surface area contributed by atoms with Crippen LogP contribution in [0.4, 0.5) is 0 Å². The van der Waals surface area contributed by atoms with Gasteiger partial charge in [0.25, 0.3) is 0 Å². The lowest BCUT2D eigenvalue weighted by Gasteiger charge is -2.14. The minimum atomic E-state index is -1.09. The summed E-state index contributed by atoms with van der Waals surface area (Å²) >= 11 is 0. The van der Waals surface area contributed by atoms with Crippen LogP contribution < -0.4 is 0 Å². The highest BCUT2D eigenvalue weighted by atomic mass is 32.2. The second-order valence-corrected chi connectivity index (χ2v) is 7.17. The monoisotopic (exact) mass is 280 g/mol. The average molecular weight is 280 g/mol. The molecule has 0 aliphatic rings. The van der Waals surface area contributed by atoms with Crippen LogP contribution in [0.5, 0.6) is 0 Å². The zero-order chi connectivity index (χ0) is 14.6. The summed E-state index contributed by atoms with van der Waals surface area (Å²) in [6, 6.07) is 5.68. The fourth-order valence-electron chi connectivity index (χ4n) is 1.79. The standard InChI is InChI=1S/C16H24O2S/c1-6-11(2)10-19(18)14(5)16(17)15-8-7-12(3)13(4)9-15/h7-9,11,14H,6,10H2,1-5H3. The van der Waals surface area contributed by atoms with Crippen molar-refractivity contribution in [2.24, 2.45) is 5.92 Å². The van der Waals surface area contributed by atoms with E-state index in [1.165, 1.54) is 5.56 Å². The van der Waals surface area contributed by atoms with Gasteiger partial charge in [-0.3, -0.25) is 9.00 Å². The van der Waals surface area contributed by atoms with Crippen LogP contribution in [0.15, 0.2) is 18.2 Å². The van der Waals surface area contributed by atoms with Gasteiger partial charge >= 0.3 is 0 Å². The minimum absolute atomic E-state index is 0.00950. The number of hydrogen-bond acceptors (Lipinski definition) is 2. The molecule has 0 saturated heterocycles. The number of rotatable bonds is 6. The van der Waals surface area contributed by atoms with Crippen LogP contribution in [-0.4, -0.2) is 21.0 Å². The van der Waals surface area contributed by atoms with Gasteiger partial charge in [0, 0.05) is 22.1 Å². The largest absolute Gasteiger partial charge is 0.293 e. The molecule has 0 aromatic heterocycles. The van der Waals surface area contributed by atoms with Gasteiger partial charge in [0.2, 0.25) is 0 Å². The van der Waals surface area contributed by atoms with E-state index in [4.69, 9.17) is 0 Å². The summed E-state index contributed by atoms with van der Waals surface area (Å²) in [7, 11) is -1.09. The van der Waals surface area contributed by atoms with E-state index >= 15 is 0 Å². The molecule has 1 rings (SSSR count). The van der Waals surface area contributed by atoms with Crippen molar-refractivity contribution in [3.05, 3.63) is 34.9 Å². The van der Waals surface area contributed by atoms with E-state index in [9.17, 15) is 9.00 Å². The number of carbonyl (C=O) groups excluding carboxylic acids is 1. The summed E-state index contributed by atoms with van der Waals surface area (Å²) in [5.41, 5.74) is 2.95. The molecule has 106 valence electrons. The van der Waals surface area contributed by atoms with E-state index in [-0.39, 0.29) is 5.78 Å². The summed E-state index contributed by atoms with van der Waals surface area (Å²) in [5, 5.41) is -0.420. The Hall–Kier alpha value is -0.960. The number of Topliss-reactive ketones (excluding diaryl/α,β-unsaturated/α-hetero) is 1. The number of benzene rings is 1. The summed E-state index contributed by atoms with van der Waals surface area (Å²) in [6.45, 7) is 9.94. The predicted molar refractivity (Wildman–Crippen MR) is 82.2 cm³/mol. The van der Waals surface area contributed by atoms with E-state index in [1.54, 1.807) is 6.92 Å². The normalized spacial score (nSPS) is 15.8.